The van der Waals surface area contributed by atoms with Crippen LogP contribution in [0.4, 0.5) is 10.1 Å². The van der Waals surface area contributed by atoms with E-state index in [0.29, 0.717) is 5.71 Å². The summed E-state index contributed by atoms with van der Waals surface area (Å²) in [4.78, 5) is 23.9. The fourth-order valence-corrected chi connectivity index (χ4v) is 4.53. The van der Waals surface area contributed by atoms with Gasteiger partial charge in [-0.05, 0) is 25.0 Å². The van der Waals surface area contributed by atoms with Gasteiger partial charge in [-0.25, -0.2) is 9.98 Å². The number of allylic oxidation sites excluding steroid dienone is 4. The monoisotopic (exact) mass is 461 g/mol. The Kier molecular flexibility index (Phi) is 8.25. The number of aromatic nitrogens is 1. The van der Waals surface area contributed by atoms with Crippen LogP contribution in [0.25, 0.3) is 11.3 Å². The summed E-state index contributed by atoms with van der Waals surface area (Å²) in [6.07, 6.45) is 7.61. The number of hydrogen-bond donors (Lipinski definition) is 0. The van der Waals surface area contributed by atoms with Crippen molar-refractivity contribution in [1.29, 1.82) is 0 Å². The van der Waals surface area contributed by atoms with Gasteiger partial charge in [0.05, 0.1) is 15.8 Å². The average molecular weight is 462 g/mol. The van der Waals surface area contributed by atoms with Gasteiger partial charge in [-0.15, -0.1) is 0 Å². The van der Waals surface area contributed by atoms with E-state index in [1.165, 1.54) is 0 Å². The fourth-order valence-electron chi connectivity index (χ4n) is 3.03. The summed E-state index contributed by atoms with van der Waals surface area (Å²) in [7, 11) is 0. The van der Waals surface area contributed by atoms with E-state index in [1.54, 1.807) is 23.5 Å². The van der Waals surface area contributed by atoms with Gasteiger partial charge in [0.15, 0.2) is 5.13 Å². The van der Waals surface area contributed by atoms with Crippen molar-refractivity contribution in [3.05, 3.63) is 52.5 Å². The zero-order chi connectivity index (χ0) is 21.5. The number of hydrogen-bond acceptors (Lipinski definition) is 5. The number of rotatable bonds is 9. The molecule has 0 radical (unpaired) electrons. The maximum atomic E-state index is 11.8. The van der Waals surface area contributed by atoms with E-state index in [4.69, 9.17) is 33.2 Å². The van der Waals surface area contributed by atoms with Gasteiger partial charge in [-0.3, -0.25) is 4.79 Å². The molecule has 0 spiro atoms. The van der Waals surface area contributed by atoms with Gasteiger partial charge in [-0.2, -0.15) is 0 Å². The first-order valence-electron chi connectivity index (χ1n) is 10.2. The highest BCUT2D eigenvalue weighted by atomic mass is 35.5. The second-order valence-electron chi connectivity index (χ2n) is 7.06. The quantitative estimate of drug-likeness (QED) is 0.373. The van der Waals surface area contributed by atoms with Crippen LogP contribution in [0.2, 0.25) is 0 Å². The van der Waals surface area contributed by atoms with Crippen molar-refractivity contribution in [2.75, 3.05) is 18.0 Å². The summed E-state index contributed by atoms with van der Waals surface area (Å²) in [5, 5.41) is 1.88. The lowest BCUT2D eigenvalue weighted by Crippen LogP contribution is -2.25. The van der Waals surface area contributed by atoms with Crippen molar-refractivity contribution in [3.8, 4) is 11.3 Å². The van der Waals surface area contributed by atoms with Gasteiger partial charge in [-0.1, -0.05) is 91.6 Å². The SMILES string of the molecule is CCCCN(CCCC)c1nc(-c2ccccc2)c(N=C2C=C(Cl)C(=O)C(Cl)=C2)s1. The summed E-state index contributed by atoms with van der Waals surface area (Å²) in [5.74, 6) is -0.379. The highest BCUT2D eigenvalue weighted by molar-refractivity contribution is 7.19. The molecule has 1 aliphatic rings. The first kappa shape index (κ1) is 22.7. The van der Waals surface area contributed by atoms with Gasteiger partial charge in [0.25, 0.3) is 0 Å². The van der Waals surface area contributed by atoms with Crippen LogP contribution < -0.4 is 4.90 Å². The second kappa shape index (κ2) is 10.9. The molecule has 0 saturated carbocycles. The minimum Gasteiger partial charge on any atom is -0.348 e. The first-order valence-corrected chi connectivity index (χ1v) is 11.8. The van der Waals surface area contributed by atoms with Crippen molar-refractivity contribution < 1.29 is 4.79 Å². The molecule has 1 aromatic carbocycles. The fraction of sp³-hybridized carbons (Fsp3) is 0.348. The predicted molar refractivity (Wildman–Crippen MR) is 130 cm³/mol. The Hall–Kier alpha value is -1.95. The van der Waals surface area contributed by atoms with Crippen LogP contribution in [0.5, 0.6) is 0 Å². The van der Waals surface area contributed by atoms with Crippen molar-refractivity contribution >= 4 is 56.2 Å². The lowest BCUT2D eigenvalue weighted by molar-refractivity contribution is -0.111. The van der Waals surface area contributed by atoms with Crippen molar-refractivity contribution in [3.63, 3.8) is 0 Å². The smallest absolute Gasteiger partial charge is 0.215 e. The third-order valence-electron chi connectivity index (χ3n) is 4.69. The van der Waals surface area contributed by atoms with Crippen LogP contribution in [0.15, 0.2) is 57.5 Å². The van der Waals surface area contributed by atoms with Gasteiger partial charge < -0.3 is 4.90 Å². The second-order valence-corrected chi connectivity index (χ2v) is 8.83. The van der Waals surface area contributed by atoms with Gasteiger partial charge in [0.1, 0.15) is 10.7 Å². The van der Waals surface area contributed by atoms with Crippen molar-refractivity contribution in [2.45, 2.75) is 39.5 Å². The van der Waals surface area contributed by atoms with E-state index in [9.17, 15) is 4.79 Å². The molecule has 30 heavy (non-hydrogen) atoms. The maximum absolute atomic E-state index is 11.8. The number of thiazole rings is 1. The Morgan fingerprint density at radius 2 is 1.60 bits per heavy atom. The normalized spacial score (nSPS) is 13.9. The standard InChI is InChI=1S/C23H25Cl2N3OS/c1-3-5-12-28(13-6-4-2)23-27-20(16-10-8-7-9-11-16)22(30-23)26-17-14-18(24)21(29)19(25)15-17/h7-11,14-15H,3-6,12-13H2,1-2H3. The molecule has 1 heterocycles. The van der Waals surface area contributed by atoms with Crippen LogP contribution >= 0.6 is 34.5 Å². The van der Waals surface area contributed by atoms with Crippen LogP contribution in [-0.4, -0.2) is 29.6 Å². The van der Waals surface area contributed by atoms with Gasteiger partial charge in [0.2, 0.25) is 5.78 Å². The number of carbonyl (C=O) groups excluding carboxylic acids is 1. The minimum atomic E-state index is -0.379. The number of nitrogens with zero attached hydrogens (tertiary/aromatic N) is 3. The number of benzene rings is 1. The van der Waals surface area contributed by atoms with E-state index >= 15 is 0 Å². The number of aliphatic imine (C=N–C) groups is 1. The Labute approximate surface area is 191 Å². The number of carbonyl (C=O) groups is 1. The molecular formula is C23H25Cl2N3OS. The molecule has 3 rings (SSSR count). The molecular weight excluding hydrogens is 437 g/mol. The van der Waals surface area contributed by atoms with Crippen LogP contribution in [0, 0.1) is 0 Å². The Bertz CT molecular complexity index is 948. The molecule has 0 amide bonds. The van der Waals surface area contributed by atoms with E-state index in [-0.39, 0.29) is 15.8 Å². The molecule has 0 saturated heterocycles. The summed E-state index contributed by atoms with van der Waals surface area (Å²) < 4.78 is 0. The van der Waals surface area contributed by atoms with E-state index < -0.39 is 0 Å². The summed E-state index contributed by atoms with van der Waals surface area (Å²) in [6, 6.07) is 10.0. The Morgan fingerprint density at radius 1 is 1.00 bits per heavy atom. The number of ketones is 1. The molecule has 1 aliphatic carbocycles. The number of unbranched alkanes of at least 4 members (excludes halogenated alkanes) is 2. The predicted octanol–water partition coefficient (Wildman–Crippen LogP) is 7.12. The van der Waals surface area contributed by atoms with Crippen LogP contribution in [0.1, 0.15) is 39.5 Å². The molecule has 0 unspecified atom stereocenters. The molecule has 0 aliphatic heterocycles. The molecule has 0 bridgehead atoms. The van der Waals surface area contributed by atoms with Crippen molar-refractivity contribution in [1.82, 2.24) is 4.98 Å². The summed E-state index contributed by atoms with van der Waals surface area (Å²) in [6.45, 7) is 6.34. The van der Waals surface area contributed by atoms with Crippen LogP contribution in [-0.2, 0) is 4.79 Å². The molecule has 0 N–H and O–H groups in total. The lowest BCUT2D eigenvalue weighted by Gasteiger charge is -2.21. The molecule has 158 valence electrons. The van der Waals surface area contributed by atoms with E-state index in [2.05, 4.69) is 18.7 Å². The lowest BCUT2D eigenvalue weighted by atomic mass is 10.1. The molecule has 0 fully saturated rings. The van der Waals surface area contributed by atoms with E-state index in [0.717, 1.165) is 60.2 Å². The number of Topliss-reactive ketones (excluding diaryl/α,β-unsaturated/α-hetero) is 1. The molecule has 4 nitrogen and oxygen atoms in total. The zero-order valence-electron chi connectivity index (χ0n) is 17.2. The molecule has 0 atom stereocenters. The molecule has 1 aromatic heterocycles. The molecule has 2 aromatic rings. The third kappa shape index (κ3) is 5.60. The summed E-state index contributed by atoms with van der Waals surface area (Å²) >= 11 is 13.6. The Balaban J connectivity index is 2.05. The van der Waals surface area contributed by atoms with Gasteiger partial charge in [0, 0.05) is 18.7 Å². The number of halogens is 2. The first-order chi connectivity index (χ1) is 14.5. The average Bonchev–Trinajstić information content (AvgIpc) is 3.16. The third-order valence-corrected chi connectivity index (χ3v) is 6.26. The Morgan fingerprint density at radius 3 is 2.17 bits per heavy atom. The number of anilines is 1. The topological polar surface area (TPSA) is 45.6 Å². The molecule has 7 heteroatoms. The van der Waals surface area contributed by atoms with Gasteiger partial charge >= 0.3 is 0 Å². The van der Waals surface area contributed by atoms with Crippen molar-refractivity contribution in [2.24, 2.45) is 4.99 Å². The van der Waals surface area contributed by atoms with E-state index in [1.807, 2.05) is 30.3 Å². The highest BCUT2D eigenvalue weighted by Crippen LogP contribution is 2.40. The zero-order valence-corrected chi connectivity index (χ0v) is 19.5. The van der Waals surface area contributed by atoms with Crippen LogP contribution in [0.3, 0.4) is 0 Å². The highest BCUT2D eigenvalue weighted by Gasteiger charge is 2.20. The minimum absolute atomic E-state index is 0.0692. The largest absolute Gasteiger partial charge is 0.348 e. The summed E-state index contributed by atoms with van der Waals surface area (Å²) in [5.41, 5.74) is 2.38. The maximum Gasteiger partial charge on any atom is 0.215 e.